The number of carbonyl (C=O) groups is 2. The molecule has 2 amide bonds. The first-order valence-corrected chi connectivity index (χ1v) is 8.26. The van der Waals surface area contributed by atoms with Gasteiger partial charge in [0, 0.05) is 18.0 Å². The van der Waals surface area contributed by atoms with E-state index in [0.29, 0.717) is 5.56 Å². The van der Waals surface area contributed by atoms with E-state index in [1.54, 1.807) is 24.5 Å². The average molecular weight is 327 g/mol. The standard InChI is InChI=1S/C17H17N3O2S/c1-11-3-5-14(6-4-11)17-20(16(22)12(2)23-17)19-15(21)13-7-9-18-10-8-13/h3-10,12,17H,1-2H3,(H,19,21). The number of hydrogen-bond acceptors (Lipinski definition) is 4. The van der Waals surface area contributed by atoms with E-state index in [0.717, 1.165) is 11.1 Å². The molecule has 1 aliphatic heterocycles. The molecule has 0 radical (unpaired) electrons. The van der Waals surface area contributed by atoms with Gasteiger partial charge in [-0.3, -0.25) is 20.0 Å². The van der Waals surface area contributed by atoms with Crippen LogP contribution in [0.15, 0.2) is 48.8 Å². The number of aryl methyl sites for hydroxylation is 1. The molecule has 1 aromatic heterocycles. The van der Waals surface area contributed by atoms with Crippen LogP contribution in [0.1, 0.15) is 33.8 Å². The molecule has 0 aliphatic carbocycles. The summed E-state index contributed by atoms with van der Waals surface area (Å²) in [4.78, 5) is 28.6. The molecule has 1 fully saturated rings. The lowest BCUT2D eigenvalue weighted by Crippen LogP contribution is -2.45. The maximum absolute atomic E-state index is 12.4. The largest absolute Gasteiger partial charge is 0.272 e. The number of hydrogen-bond donors (Lipinski definition) is 1. The minimum Gasteiger partial charge on any atom is -0.272 e. The van der Waals surface area contributed by atoms with Crippen LogP contribution in [0.2, 0.25) is 0 Å². The second-order valence-corrected chi connectivity index (χ2v) is 6.85. The summed E-state index contributed by atoms with van der Waals surface area (Å²) in [6, 6.07) is 11.2. The Labute approximate surface area is 139 Å². The Hall–Kier alpha value is -2.34. The van der Waals surface area contributed by atoms with Gasteiger partial charge in [0.05, 0.1) is 5.25 Å². The van der Waals surface area contributed by atoms with Gasteiger partial charge in [-0.25, -0.2) is 5.01 Å². The van der Waals surface area contributed by atoms with Gasteiger partial charge in [-0.15, -0.1) is 11.8 Å². The van der Waals surface area contributed by atoms with Gasteiger partial charge >= 0.3 is 0 Å². The van der Waals surface area contributed by atoms with Gasteiger partial charge < -0.3 is 0 Å². The summed E-state index contributed by atoms with van der Waals surface area (Å²) in [6.45, 7) is 3.87. The van der Waals surface area contributed by atoms with E-state index in [-0.39, 0.29) is 22.4 Å². The summed E-state index contributed by atoms with van der Waals surface area (Å²) < 4.78 is 0. The fourth-order valence-corrected chi connectivity index (χ4v) is 3.58. The zero-order valence-electron chi connectivity index (χ0n) is 12.9. The summed E-state index contributed by atoms with van der Waals surface area (Å²) in [5.74, 6) is -0.407. The Morgan fingerprint density at radius 3 is 2.48 bits per heavy atom. The summed E-state index contributed by atoms with van der Waals surface area (Å²) in [5, 5.41) is 1.02. The number of thioether (sulfide) groups is 1. The SMILES string of the molecule is Cc1ccc(C2SC(C)C(=O)N2NC(=O)c2ccncc2)cc1. The van der Waals surface area contributed by atoms with Crippen molar-refractivity contribution in [3.05, 3.63) is 65.5 Å². The molecule has 23 heavy (non-hydrogen) atoms. The first-order chi connectivity index (χ1) is 11.1. The van der Waals surface area contributed by atoms with E-state index >= 15 is 0 Å². The second kappa shape index (κ2) is 6.42. The average Bonchev–Trinajstić information content (AvgIpc) is 2.85. The summed E-state index contributed by atoms with van der Waals surface area (Å²) >= 11 is 1.53. The van der Waals surface area contributed by atoms with Crippen molar-refractivity contribution in [2.45, 2.75) is 24.5 Å². The van der Waals surface area contributed by atoms with Crippen molar-refractivity contribution in [2.75, 3.05) is 0 Å². The highest BCUT2D eigenvalue weighted by Gasteiger charge is 2.39. The zero-order valence-corrected chi connectivity index (χ0v) is 13.7. The van der Waals surface area contributed by atoms with Crippen molar-refractivity contribution in [3.8, 4) is 0 Å². The highest BCUT2D eigenvalue weighted by Crippen LogP contribution is 2.41. The Balaban J connectivity index is 1.84. The van der Waals surface area contributed by atoms with Gasteiger partial charge in [-0.2, -0.15) is 0 Å². The lowest BCUT2D eigenvalue weighted by molar-refractivity contribution is -0.132. The molecule has 1 saturated heterocycles. The zero-order chi connectivity index (χ0) is 16.4. The Morgan fingerprint density at radius 2 is 1.83 bits per heavy atom. The van der Waals surface area contributed by atoms with Crippen LogP contribution in [-0.2, 0) is 4.79 Å². The molecule has 2 atom stereocenters. The molecule has 2 aromatic rings. The predicted octanol–water partition coefficient (Wildman–Crippen LogP) is 2.70. The van der Waals surface area contributed by atoms with Crippen LogP contribution in [-0.4, -0.2) is 27.1 Å². The summed E-state index contributed by atoms with van der Waals surface area (Å²) in [5.41, 5.74) is 5.36. The summed E-state index contributed by atoms with van der Waals surface area (Å²) in [6.07, 6.45) is 3.10. The molecule has 0 spiro atoms. The predicted molar refractivity (Wildman–Crippen MR) is 89.5 cm³/mol. The number of pyridine rings is 1. The molecule has 2 unspecified atom stereocenters. The minimum absolute atomic E-state index is 0.0945. The molecule has 118 valence electrons. The van der Waals surface area contributed by atoms with Crippen molar-refractivity contribution in [1.29, 1.82) is 0 Å². The van der Waals surface area contributed by atoms with E-state index in [2.05, 4.69) is 10.4 Å². The lowest BCUT2D eigenvalue weighted by Gasteiger charge is -2.24. The maximum Gasteiger partial charge on any atom is 0.270 e. The van der Waals surface area contributed by atoms with E-state index in [1.165, 1.54) is 16.8 Å². The molecule has 0 bridgehead atoms. The normalized spacial score (nSPS) is 20.6. The van der Waals surface area contributed by atoms with Crippen molar-refractivity contribution < 1.29 is 9.59 Å². The van der Waals surface area contributed by atoms with E-state index in [9.17, 15) is 9.59 Å². The quantitative estimate of drug-likeness (QED) is 0.941. The van der Waals surface area contributed by atoms with Crippen molar-refractivity contribution in [1.82, 2.24) is 15.4 Å². The number of hydrazine groups is 1. The number of nitrogens with one attached hydrogen (secondary N) is 1. The van der Waals surface area contributed by atoms with Crippen molar-refractivity contribution in [2.24, 2.45) is 0 Å². The Kier molecular flexibility index (Phi) is 4.34. The fraction of sp³-hybridized carbons (Fsp3) is 0.235. The number of amides is 2. The van der Waals surface area contributed by atoms with Crippen LogP contribution in [0.5, 0.6) is 0 Å². The van der Waals surface area contributed by atoms with Gasteiger partial charge in [-0.05, 0) is 31.5 Å². The number of carbonyl (C=O) groups excluding carboxylic acids is 2. The van der Waals surface area contributed by atoms with Crippen LogP contribution in [0.25, 0.3) is 0 Å². The summed E-state index contributed by atoms with van der Waals surface area (Å²) in [7, 11) is 0. The van der Waals surface area contributed by atoms with E-state index in [4.69, 9.17) is 0 Å². The fourth-order valence-electron chi connectivity index (χ4n) is 2.37. The third kappa shape index (κ3) is 3.22. The molecule has 2 heterocycles. The highest BCUT2D eigenvalue weighted by molar-refractivity contribution is 8.01. The Bertz CT molecular complexity index is 718. The van der Waals surface area contributed by atoms with Crippen molar-refractivity contribution >= 4 is 23.6 Å². The second-order valence-electron chi connectivity index (χ2n) is 5.43. The van der Waals surface area contributed by atoms with Crippen LogP contribution in [0.3, 0.4) is 0 Å². The Morgan fingerprint density at radius 1 is 1.17 bits per heavy atom. The van der Waals surface area contributed by atoms with E-state index in [1.807, 2.05) is 38.1 Å². The van der Waals surface area contributed by atoms with Crippen LogP contribution in [0.4, 0.5) is 0 Å². The van der Waals surface area contributed by atoms with Gasteiger partial charge in [0.15, 0.2) is 0 Å². The third-order valence-electron chi connectivity index (χ3n) is 3.68. The van der Waals surface area contributed by atoms with Crippen LogP contribution in [0, 0.1) is 6.92 Å². The van der Waals surface area contributed by atoms with Crippen LogP contribution >= 0.6 is 11.8 Å². The first kappa shape index (κ1) is 15.6. The number of aromatic nitrogens is 1. The molecule has 6 heteroatoms. The van der Waals surface area contributed by atoms with E-state index < -0.39 is 0 Å². The van der Waals surface area contributed by atoms with Gasteiger partial charge in [0.1, 0.15) is 5.37 Å². The van der Waals surface area contributed by atoms with Gasteiger partial charge in [0.25, 0.3) is 11.8 Å². The minimum atomic E-state index is -0.312. The smallest absolute Gasteiger partial charge is 0.270 e. The third-order valence-corrected chi connectivity index (χ3v) is 5.03. The molecule has 1 aromatic carbocycles. The van der Waals surface area contributed by atoms with Gasteiger partial charge in [-0.1, -0.05) is 29.8 Å². The highest BCUT2D eigenvalue weighted by atomic mass is 32.2. The lowest BCUT2D eigenvalue weighted by atomic mass is 10.1. The number of nitrogens with zero attached hydrogens (tertiary/aromatic N) is 2. The molecule has 1 N–H and O–H groups in total. The molecular weight excluding hydrogens is 310 g/mol. The van der Waals surface area contributed by atoms with Gasteiger partial charge in [0.2, 0.25) is 0 Å². The topological polar surface area (TPSA) is 62.3 Å². The first-order valence-electron chi connectivity index (χ1n) is 7.32. The number of rotatable bonds is 3. The molecule has 3 rings (SSSR count). The van der Waals surface area contributed by atoms with Crippen LogP contribution < -0.4 is 5.43 Å². The molecule has 1 aliphatic rings. The number of benzene rings is 1. The molecule has 5 nitrogen and oxygen atoms in total. The maximum atomic E-state index is 12.4. The van der Waals surface area contributed by atoms with Crippen molar-refractivity contribution in [3.63, 3.8) is 0 Å². The molecule has 0 saturated carbocycles. The molecular formula is C17H17N3O2S. The monoisotopic (exact) mass is 327 g/mol.